The van der Waals surface area contributed by atoms with Crippen LogP contribution < -0.4 is 11.1 Å². The minimum absolute atomic E-state index is 0.358. The van der Waals surface area contributed by atoms with Crippen molar-refractivity contribution in [1.29, 1.82) is 0 Å². The fourth-order valence-electron chi connectivity index (χ4n) is 1.02. The Hall–Kier alpha value is -0.0800. The molecule has 3 N–H and O–H groups in total. The molecule has 0 aliphatic heterocycles. The van der Waals surface area contributed by atoms with E-state index < -0.39 is 0 Å². The van der Waals surface area contributed by atoms with Crippen molar-refractivity contribution in [1.82, 2.24) is 5.32 Å². The van der Waals surface area contributed by atoms with E-state index in [1.54, 1.807) is 0 Å². The monoisotopic (exact) mass is 144 g/mol. The van der Waals surface area contributed by atoms with Gasteiger partial charge >= 0.3 is 0 Å². The van der Waals surface area contributed by atoms with Crippen LogP contribution in [-0.4, -0.2) is 19.6 Å². The quantitative estimate of drug-likeness (QED) is 0.548. The van der Waals surface area contributed by atoms with E-state index in [0.717, 1.165) is 13.0 Å². The van der Waals surface area contributed by atoms with E-state index in [-0.39, 0.29) is 0 Å². The molecule has 62 valence electrons. The third kappa shape index (κ3) is 6.05. The first kappa shape index (κ1) is 9.92. The average molecular weight is 144 g/mol. The van der Waals surface area contributed by atoms with Crippen LogP contribution in [-0.2, 0) is 0 Å². The van der Waals surface area contributed by atoms with Crippen LogP contribution in [0.5, 0.6) is 0 Å². The Morgan fingerprint density at radius 2 is 2.10 bits per heavy atom. The van der Waals surface area contributed by atoms with Gasteiger partial charge in [0, 0.05) is 12.6 Å². The first-order chi connectivity index (χ1) is 4.81. The zero-order valence-corrected chi connectivity index (χ0v) is 7.19. The second kappa shape index (κ2) is 7.03. The molecule has 2 heteroatoms. The van der Waals surface area contributed by atoms with Gasteiger partial charge in [0.25, 0.3) is 0 Å². The van der Waals surface area contributed by atoms with Crippen LogP contribution in [0.1, 0.15) is 32.6 Å². The van der Waals surface area contributed by atoms with Gasteiger partial charge in [0.2, 0.25) is 0 Å². The van der Waals surface area contributed by atoms with Crippen LogP contribution in [0.3, 0.4) is 0 Å². The fourth-order valence-corrected chi connectivity index (χ4v) is 1.02. The average Bonchev–Trinajstić information content (AvgIpc) is 1.89. The molecule has 1 atom stereocenters. The summed E-state index contributed by atoms with van der Waals surface area (Å²) in [6.07, 6.45) is 5.04. The van der Waals surface area contributed by atoms with Crippen LogP contribution in [0.2, 0.25) is 0 Å². The van der Waals surface area contributed by atoms with E-state index in [1.165, 1.54) is 19.3 Å². The number of hydrogen-bond donors (Lipinski definition) is 2. The van der Waals surface area contributed by atoms with E-state index in [2.05, 4.69) is 12.2 Å². The molecule has 0 aliphatic rings. The lowest BCUT2D eigenvalue weighted by Crippen LogP contribution is -2.31. The summed E-state index contributed by atoms with van der Waals surface area (Å²) in [5, 5.41) is 3.07. The van der Waals surface area contributed by atoms with Crippen molar-refractivity contribution in [2.45, 2.75) is 38.6 Å². The van der Waals surface area contributed by atoms with Gasteiger partial charge in [-0.15, -0.1) is 0 Å². The summed E-state index contributed by atoms with van der Waals surface area (Å²) in [4.78, 5) is 0. The minimum atomic E-state index is 0.358. The maximum Gasteiger partial charge on any atom is 0.0165 e. The van der Waals surface area contributed by atoms with E-state index in [4.69, 9.17) is 5.73 Å². The highest BCUT2D eigenvalue weighted by Gasteiger charge is 1.98. The van der Waals surface area contributed by atoms with Crippen molar-refractivity contribution in [3.8, 4) is 0 Å². The van der Waals surface area contributed by atoms with Gasteiger partial charge in [0.05, 0.1) is 0 Å². The lowest BCUT2D eigenvalue weighted by Gasteiger charge is -2.09. The van der Waals surface area contributed by atoms with Crippen molar-refractivity contribution < 1.29 is 0 Å². The van der Waals surface area contributed by atoms with Crippen LogP contribution in [0.25, 0.3) is 0 Å². The number of nitrogens with one attached hydrogen (secondary N) is 1. The van der Waals surface area contributed by atoms with Gasteiger partial charge in [0.1, 0.15) is 0 Å². The highest BCUT2D eigenvalue weighted by Crippen LogP contribution is 2.00. The fraction of sp³-hybridized carbons (Fsp3) is 1.00. The standard InChI is InChI=1S/C8H20N2/c1-3-4-5-6-8(9)7-10-2/h8,10H,3-7,9H2,1-2H3. The molecule has 0 aromatic rings. The second-order valence-corrected chi connectivity index (χ2v) is 2.81. The summed E-state index contributed by atoms with van der Waals surface area (Å²) >= 11 is 0. The van der Waals surface area contributed by atoms with Gasteiger partial charge in [-0.05, 0) is 13.5 Å². The molecule has 0 amide bonds. The van der Waals surface area contributed by atoms with Gasteiger partial charge in [-0.25, -0.2) is 0 Å². The van der Waals surface area contributed by atoms with E-state index in [9.17, 15) is 0 Å². The third-order valence-electron chi connectivity index (χ3n) is 1.64. The number of rotatable bonds is 6. The molecule has 0 fully saturated rings. The molecule has 0 aromatic heterocycles. The van der Waals surface area contributed by atoms with Gasteiger partial charge in [-0.1, -0.05) is 26.2 Å². The molecule has 0 bridgehead atoms. The van der Waals surface area contributed by atoms with Gasteiger partial charge in [-0.2, -0.15) is 0 Å². The van der Waals surface area contributed by atoms with Crippen molar-refractivity contribution >= 4 is 0 Å². The minimum Gasteiger partial charge on any atom is -0.327 e. The maximum absolute atomic E-state index is 5.76. The first-order valence-electron chi connectivity index (χ1n) is 4.21. The Morgan fingerprint density at radius 1 is 1.40 bits per heavy atom. The van der Waals surface area contributed by atoms with Gasteiger partial charge in [0.15, 0.2) is 0 Å². The molecule has 0 aliphatic carbocycles. The Morgan fingerprint density at radius 3 is 2.60 bits per heavy atom. The van der Waals surface area contributed by atoms with Crippen LogP contribution in [0.4, 0.5) is 0 Å². The Balaban J connectivity index is 2.97. The third-order valence-corrected chi connectivity index (χ3v) is 1.64. The summed E-state index contributed by atoms with van der Waals surface area (Å²) in [5.74, 6) is 0. The Kier molecular flexibility index (Phi) is 6.98. The van der Waals surface area contributed by atoms with Gasteiger partial charge in [-0.3, -0.25) is 0 Å². The molecule has 2 nitrogen and oxygen atoms in total. The van der Waals surface area contributed by atoms with E-state index >= 15 is 0 Å². The normalized spacial score (nSPS) is 13.5. The largest absolute Gasteiger partial charge is 0.327 e. The first-order valence-corrected chi connectivity index (χ1v) is 4.21. The van der Waals surface area contributed by atoms with E-state index in [0.29, 0.717) is 6.04 Å². The molecule has 0 saturated heterocycles. The molecule has 0 heterocycles. The van der Waals surface area contributed by atoms with Crippen LogP contribution >= 0.6 is 0 Å². The number of nitrogens with two attached hydrogens (primary N) is 1. The summed E-state index contributed by atoms with van der Waals surface area (Å²) in [6.45, 7) is 3.16. The summed E-state index contributed by atoms with van der Waals surface area (Å²) in [6, 6.07) is 0.358. The lowest BCUT2D eigenvalue weighted by molar-refractivity contribution is 0.537. The second-order valence-electron chi connectivity index (χ2n) is 2.81. The van der Waals surface area contributed by atoms with Gasteiger partial charge < -0.3 is 11.1 Å². The lowest BCUT2D eigenvalue weighted by atomic mass is 10.1. The van der Waals surface area contributed by atoms with Crippen molar-refractivity contribution in [2.24, 2.45) is 5.73 Å². The SMILES string of the molecule is CCCCCC(N)CNC. The number of unbranched alkanes of at least 4 members (excludes halogenated alkanes) is 2. The molecule has 0 radical (unpaired) electrons. The summed E-state index contributed by atoms with van der Waals surface area (Å²) < 4.78 is 0. The van der Waals surface area contributed by atoms with Crippen molar-refractivity contribution in [2.75, 3.05) is 13.6 Å². The number of likely N-dealkylation sites (N-methyl/N-ethyl adjacent to an activating group) is 1. The molecule has 0 saturated carbocycles. The van der Waals surface area contributed by atoms with Crippen molar-refractivity contribution in [3.63, 3.8) is 0 Å². The van der Waals surface area contributed by atoms with Crippen molar-refractivity contribution in [3.05, 3.63) is 0 Å². The highest BCUT2D eigenvalue weighted by atomic mass is 14.9. The molecule has 10 heavy (non-hydrogen) atoms. The summed E-state index contributed by atoms with van der Waals surface area (Å²) in [5.41, 5.74) is 5.76. The summed E-state index contributed by atoms with van der Waals surface area (Å²) in [7, 11) is 1.94. The maximum atomic E-state index is 5.76. The van der Waals surface area contributed by atoms with E-state index in [1.807, 2.05) is 7.05 Å². The Labute approximate surface area is 64.2 Å². The molecule has 0 aromatic carbocycles. The zero-order valence-electron chi connectivity index (χ0n) is 7.19. The highest BCUT2D eigenvalue weighted by molar-refractivity contribution is 4.62. The van der Waals surface area contributed by atoms with Crippen LogP contribution in [0, 0.1) is 0 Å². The molecule has 0 rings (SSSR count). The van der Waals surface area contributed by atoms with Crippen LogP contribution in [0.15, 0.2) is 0 Å². The topological polar surface area (TPSA) is 38.0 Å². The molecule has 1 unspecified atom stereocenters. The number of hydrogen-bond acceptors (Lipinski definition) is 2. The molecular weight excluding hydrogens is 124 g/mol. The molecular formula is C8H20N2. The zero-order chi connectivity index (χ0) is 7.82. The predicted octanol–water partition coefficient (Wildman–Crippen LogP) is 1.11. The molecule has 0 spiro atoms. The Bertz CT molecular complexity index is 64.3. The predicted molar refractivity (Wildman–Crippen MR) is 46.0 cm³/mol. The smallest absolute Gasteiger partial charge is 0.0165 e.